The molecule has 4 rings (SSSR count). The summed E-state index contributed by atoms with van der Waals surface area (Å²) in [6, 6.07) is 6.00. The second kappa shape index (κ2) is 5.55. The molecule has 1 aromatic heterocycles. The molecule has 0 bridgehead atoms. The lowest BCUT2D eigenvalue weighted by Gasteiger charge is -2.49. The average Bonchev–Trinajstić information content (AvgIpc) is 2.76. The zero-order valence-corrected chi connectivity index (χ0v) is 14.4. The van der Waals surface area contributed by atoms with Crippen molar-refractivity contribution in [2.24, 2.45) is 5.41 Å². The molecule has 1 saturated carbocycles. The van der Waals surface area contributed by atoms with Gasteiger partial charge in [-0.2, -0.15) is 0 Å². The minimum atomic E-state index is -0.918. The number of carboxylic acid groups (broad SMARTS) is 1. The Morgan fingerprint density at radius 3 is 2.77 bits per heavy atom. The Bertz CT molecular complexity index is 739. The van der Waals surface area contributed by atoms with Crippen molar-refractivity contribution in [3.8, 4) is 0 Å². The normalized spacial score (nSPS) is 22.5. The molecule has 22 heavy (non-hydrogen) atoms. The molecule has 0 amide bonds. The number of nitrogens with one attached hydrogen (secondary N) is 2. The molecule has 6 heteroatoms. The molecule has 1 unspecified atom stereocenters. The standard InChI is InChI=1S/C16H17BrN2O2.ClH/c17-9-2-3-12-11(8-9)10-4-7-18-14(13(10)19-12)16(15(20)21)5-1-6-16;/h2-3,8,14,18-19H,1,4-7H2,(H,20,21);1H/p-1. The Labute approximate surface area is 143 Å². The van der Waals surface area contributed by atoms with E-state index in [1.807, 2.05) is 12.1 Å². The SMILES string of the molecule is Cl.O=C([O-])C1(C2NCCc3c2[nH]c2ccc(Br)cc32)CCC1. The molecule has 0 radical (unpaired) electrons. The van der Waals surface area contributed by atoms with Crippen LogP contribution in [0.15, 0.2) is 22.7 Å². The van der Waals surface area contributed by atoms with Crippen LogP contribution in [0.1, 0.15) is 36.6 Å². The Morgan fingerprint density at radius 1 is 1.36 bits per heavy atom. The third-order valence-corrected chi connectivity index (χ3v) is 5.61. The monoisotopic (exact) mass is 383 g/mol. The summed E-state index contributed by atoms with van der Waals surface area (Å²) >= 11 is 3.51. The fraction of sp³-hybridized carbons (Fsp3) is 0.438. The zero-order valence-electron chi connectivity index (χ0n) is 11.9. The number of aromatic nitrogens is 1. The molecule has 1 aromatic carbocycles. The van der Waals surface area contributed by atoms with Crippen LogP contribution in [0.25, 0.3) is 10.9 Å². The number of halogens is 2. The van der Waals surface area contributed by atoms with Crippen molar-refractivity contribution in [3.05, 3.63) is 33.9 Å². The van der Waals surface area contributed by atoms with Gasteiger partial charge in [0.2, 0.25) is 0 Å². The largest absolute Gasteiger partial charge is 0.549 e. The van der Waals surface area contributed by atoms with Crippen molar-refractivity contribution in [1.29, 1.82) is 0 Å². The summed E-state index contributed by atoms with van der Waals surface area (Å²) in [5.41, 5.74) is 2.62. The summed E-state index contributed by atoms with van der Waals surface area (Å²) in [6.45, 7) is 0.812. The first kappa shape index (κ1) is 15.8. The van der Waals surface area contributed by atoms with E-state index in [1.165, 1.54) is 10.9 Å². The van der Waals surface area contributed by atoms with Crippen LogP contribution in [-0.4, -0.2) is 17.5 Å². The van der Waals surface area contributed by atoms with Crippen LogP contribution in [0.2, 0.25) is 0 Å². The fourth-order valence-corrected chi connectivity index (χ4v) is 4.20. The molecule has 0 spiro atoms. The van der Waals surface area contributed by atoms with E-state index in [0.717, 1.165) is 35.1 Å². The molecule has 118 valence electrons. The smallest absolute Gasteiger partial charge is 0.0586 e. The van der Waals surface area contributed by atoms with Crippen LogP contribution in [0.4, 0.5) is 0 Å². The maximum Gasteiger partial charge on any atom is 0.0586 e. The van der Waals surface area contributed by atoms with Gasteiger partial charge in [-0.25, -0.2) is 0 Å². The highest BCUT2D eigenvalue weighted by Gasteiger charge is 2.48. The zero-order chi connectivity index (χ0) is 14.6. The quantitative estimate of drug-likeness (QED) is 0.836. The van der Waals surface area contributed by atoms with Crippen LogP contribution in [-0.2, 0) is 11.2 Å². The van der Waals surface area contributed by atoms with Crippen molar-refractivity contribution in [2.45, 2.75) is 31.7 Å². The van der Waals surface area contributed by atoms with Gasteiger partial charge in [0, 0.05) is 32.5 Å². The number of aromatic amines is 1. The highest BCUT2D eigenvalue weighted by atomic mass is 79.9. The second-order valence-corrected chi connectivity index (χ2v) is 7.06. The van der Waals surface area contributed by atoms with Gasteiger partial charge in [-0.3, -0.25) is 0 Å². The molecule has 1 aliphatic carbocycles. The predicted molar refractivity (Wildman–Crippen MR) is 89.0 cm³/mol. The predicted octanol–water partition coefficient (Wildman–Crippen LogP) is 2.46. The van der Waals surface area contributed by atoms with E-state index in [-0.39, 0.29) is 18.4 Å². The van der Waals surface area contributed by atoms with Crippen LogP contribution in [0.5, 0.6) is 0 Å². The molecule has 1 atom stereocenters. The molecule has 1 aliphatic heterocycles. The van der Waals surface area contributed by atoms with Gasteiger partial charge in [0.1, 0.15) is 0 Å². The molecule has 4 nitrogen and oxygen atoms in total. The number of aliphatic carboxylic acids is 1. The number of carboxylic acids is 1. The van der Waals surface area contributed by atoms with Crippen molar-refractivity contribution in [2.75, 3.05) is 6.54 Å². The molecule has 2 aliphatic rings. The summed E-state index contributed by atoms with van der Waals surface area (Å²) in [5.74, 6) is -0.918. The van der Waals surface area contributed by atoms with Crippen molar-refractivity contribution in [1.82, 2.24) is 10.3 Å². The first-order valence-electron chi connectivity index (χ1n) is 7.37. The topological polar surface area (TPSA) is 67.9 Å². The van der Waals surface area contributed by atoms with Crippen LogP contribution >= 0.6 is 28.3 Å². The van der Waals surface area contributed by atoms with Crippen molar-refractivity contribution < 1.29 is 9.90 Å². The van der Waals surface area contributed by atoms with Gasteiger partial charge in [-0.1, -0.05) is 22.4 Å². The number of H-pyrrole nitrogens is 1. The number of fused-ring (bicyclic) bond motifs is 3. The number of hydrogen-bond donors (Lipinski definition) is 2. The van der Waals surface area contributed by atoms with E-state index in [1.54, 1.807) is 0 Å². The Kier molecular flexibility index (Phi) is 4.00. The number of rotatable bonds is 2. The van der Waals surface area contributed by atoms with E-state index in [2.05, 4.69) is 32.3 Å². The van der Waals surface area contributed by atoms with E-state index in [9.17, 15) is 9.90 Å². The van der Waals surface area contributed by atoms with E-state index in [0.29, 0.717) is 12.8 Å². The summed E-state index contributed by atoms with van der Waals surface area (Å²) < 4.78 is 1.05. The average molecular weight is 385 g/mol. The minimum Gasteiger partial charge on any atom is -0.549 e. The second-order valence-electron chi connectivity index (χ2n) is 6.14. The first-order valence-corrected chi connectivity index (χ1v) is 8.16. The number of hydrogen-bond acceptors (Lipinski definition) is 3. The summed E-state index contributed by atoms with van der Waals surface area (Å²) in [4.78, 5) is 15.2. The third-order valence-electron chi connectivity index (χ3n) is 5.12. The summed E-state index contributed by atoms with van der Waals surface area (Å²) in [6.07, 6.45) is 3.29. The van der Waals surface area contributed by atoms with Crippen molar-refractivity contribution in [3.63, 3.8) is 0 Å². The van der Waals surface area contributed by atoms with Crippen LogP contribution in [0.3, 0.4) is 0 Å². The molecule has 0 saturated heterocycles. The molecule has 2 N–H and O–H groups in total. The fourth-order valence-electron chi connectivity index (χ4n) is 3.84. The lowest BCUT2D eigenvalue weighted by atomic mass is 9.62. The number of carbonyl (C=O) groups excluding carboxylic acids is 1. The molecule has 2 heterocycles. The molecule has 2 aromatic rings. The summed E-state index contributed by atoms with van der Waals surface area (Å²) in [7, 11) is 0. The van der Waals surface area contributed by atoms with Gasteiger partial charge in [0.15, 0.2) is 0 Å². The van der Waals surface area contributed by atoms with Gasteiger partial charge < -0.3 is 20.2 Å². The minimum absolute atomic E-state index is 0. The number of carbonyl (C=O) groups is 1. The molecule has 1 fully saturated rings. The maximum atomic E-state index is 11.7. The molecular weight excluding hydrogens is 368 g/mol. The van der Waals surface area contributed by atoms with Gasteiger partial charge in [0.25, 0.3) is 0 Å². The lowest BCUT2D eigenvalue weighted by molar-refractivity contribution is -0.326. The van der Waals surface area contributed by atoms with Crippen LogP contribution in [0, 0.1) is 5.41 Å². The maximum absolute atomic E-state index is 11.7. The number of benzene rings is 1. The Balaban J connectivity index is 0.00000144. The van der Waals surface area contributed by atoms with Gasteiger partial charge in [-0.15, -0.1) is 12.4 Å². The highest BCUT2D eigenvalue weighted by Crippen LogP contribution is 2.51. The highest BCUT2D eigenvalue weighted by molar-refractivity contribution is 9.10. The first-order chi connectivity index (χ1) is 10.1. The Morgan fingerprint density at radius 2 is 2.14 bits per heavy atom. The summed E-state index contributed by atoms with van der Waals surface area (Å²) in [5, 5.41) is 16.3. The van der Waals surface area contributed by atoms with Crippen molar-refractivity contribution >= 4 is 45.2 Å². The van der Waals surface area contributed by atoms with Gasteiger partial charge >= 0.3 is 0 Å². The van der Waals surface area contributed by atoms with Gasteiger partial charge in [0.05, 0.1) is 6.04 Å². The van der Waals surface area contributed by atoms with E-state index < -0.39 is 11.4 Å². The Hall–Kier alpha value is -1.04. The van der Waals surface area contributed by atoms with E-state index in [4.69, 9.17) is 0 Å². The lowest BCUT2D eigenvalue weighted by Crippen LogP contribution is -2.55. The van der Waals surface area contributed by atoms with E-state index >= 15 is 0 Å². The van der Waals surface area contributed by atoms with Gasteiger partial charge in [-0.05, 0) is 49.6 Å². The molecular formula is C16H17BrClN2O2-. The van der Waals surface area contributed by atoms with Crippen LogP contribution < -0.4 is 10.4 Å². The third kappa shape index (κ3) is 2.10.